The number of likely N-dealkylation sites (N-methyl/N-ethyl adjacent to an activating group) is 2. The lowest BCUT2D eigenvalue weighted by molar-refractivity contribution is 0.167. The fourth-order valence-corrected chi connectivity index (χ4v) is 4.82. The SMILES string of the molecule is CCN1CCCC1CN(C)C(CN)c1sccc1Br. The van der Waals surface area contributed by atoms with Gasteiger partial charge in [0.1, 0.15) is 0 Å². The van der Waals surface area contributed by atoms with Crippen LogP contribution < -0.4 is 5.73 Å². The third-order valence-electron chi connectivity index (χ3n) is 4.11. The smallest absolute Gasteiger partial charge is 0.0573 e. The summed E-state index contributed by atoms with van der Waals surface area (Å²) in [4.78, 5) is 6.37. The van der Waals surface area contributed by atoms with Gasteiger partial charge in [0.2, 0.25) is 0 Å². The topological polar surface area (TPSA) is 32.5 Å². The summed E-state index contributed by atoms with van der Waals surface area (Å²) >= 11 is 5.42. The van der Waals surface area contributed by atoms with E-state index >= 15 is 0 Å². The zero-order chi connectivity index (χ0) is 13.8. The van der Waals surface area contributed by atoms with E-state index < -0.39 is 0 Å². The Morgan fingerprint density at radius 1 is 1.63 bits per heavy atom. The maximum Gasteiger partial charge on any atom is 0.0573 e. The molecule has 0 saturated carbocycles. The highest BCUT2D eigenvalue weighted by Gasteiger charge is 2.27. The standard InChI is InChI=1S/C14H24BrN3S/c1-3-18-7-4-5-11(18)10-17(2)13(9-16)14-12(15)6-8-19-14/h6,8,11,13H,3-5,7,9-10,16H2,1-2H3. The summed E-state index contributed by atoms with van der Waals surface area (Å²) in [5, 5.41) is 2.13. The molecule has 1 aromatic heterocycles. The van der Waals surface area contributed by atoms with Crippen molar-refractivity contribution in [1.29, 1.82) is 0 Å². The van der Waals surface area contributed by atoms with Crippen molar-refractivity contribution in [3.8, 4) is 0 Å². The molecule has 2 atom stereocenters. The Morgan fingerprint density at radius 3 is 3.00 bits per heavy atom. The summed E-state index contributed by atoms with van der Waals surface area (Å²) < 4.78 is 1.19. The van der Waals surface area contributed by atoms with Crippen LogP contribution in [0, 0.1) is 0 Å². The second-order valence-corrected chi connectivity index (χ2v) is 7.05. The zero-order valence-electron chi connectivity index (χ0n) is 11.8. The first kappa shape index (κ1) is 15.4. The number of nitrogens with two attached hydrogens (primary N) is 1. The van der Waals surface area contributed by atoms with Crippen LogP contribution in [0.25, 0.3) is 0 Å². The van der Waals surface area contributed by atoms with Gasteiger partial charge in [0, 0.05) is 28.5 Å². The molecule has 5 heteroatoms. The van der Waals surface area contributed by atoms with Crippen LogP contribution in [0.2, 0.25) is 0 Å². The Morgan fingerprint density at radius 2 is 2.42 bits per heavy atom. The predicted octanol–water partition coefficient (Wildman–Crippen LogP) is 2.93. The summed E-state index contributed by atoms with van der Waals surface area (Å²) in [7, 11) is 2.20. The van der Waals surface area contributed by atoms with Gasteiger partial charge in [-0.3, -0.25) is 9.80 Å². The lowest BCUT2D eigenvalue weighted by atomic mass is 10.1. The van der Waals surface area contributed by atoms with E-state index in [1.165, 1.54) is 28.7 Å². The summed E-state index contributed by atoms with van der Waals surface area (Å²) in [6.45, 7) is 6.46. The molecule has 19 heavy (non-hydrogen) atoms. The molecule has 3 nitrogen and oxygen atoms in total. The minimum atomic E-state index is 0.327. The molecule has 1 aromatic rings. The van der Waals surface area contributed by atoms with Gasteiger partial charge in [-0.05, 0) is 60.4 Å². The molecular weight excluding hydrogens is 322 g/mol. The van der Waals surface area contributed by atoms with Gasteiger partial charge in [0.15, 0.2) is 0 Å². The van der Waals surface area contributed by atoms with Gasteiger partial charge >= 0.3 is 0 Å². The molecule has 0 aromatic carbocycles. The second-order valence-electron chi connectivity index (χ2n) is 5.25. The van der Waals surface area contributed by atoms with Crippen LogP contribution in [0.5, 0.6) is 0 Å². The van der Waals surface area contributed by atoms with E-state index in [0.29, 0.717) is 18.6 Å². The van der Waals surface area contributed by atoms with Crippen molar-refractivity contribution in [3.05, 3.63) is 20.8 Å². The monoisotopic (exact) mass is 345 g/mol. The summed E-state index contributed by atoms with van der Waals surface area (Å²) in [5.74, 6) is 0. The van der Waals surface area contributed by atoms with Crippen LogP contribution in [-0.2, 0) is 0 Å². The summed E-state index contributed by atoms with van der Waals surface area (Å²) in [5.41, 5.74) is 6.01. The average Bonchev–Trinajstić information content (AvgIpc) is 3.00. The first-order valence-electron chi connectivity index (χ1n) is 7.04. The number of hydrogen-bond donors (Lipinski definition) is 1. The fraction of sp³-hybridized carbons (Fsp3) is 0.714. The van der Waals surface area contributed by atoms with Crippen LogP contribution in [0.15, 0.2) is 15.9 Å². The first-order valence-corrected chi connectivity index (χ1v) is 8.71. The van der Waals surface area contributed by atoms with Crippen LogP contribution in [0.3, 0.4) is 0 Å². The molecule has 1 aliphatic heterocycles. The molecule has 0 bridgehead atoms. The van der Waals surface area contributed by atoms with Gasteiger partial charge in [-0.1, -0.05) is 6.92 Å². The highest BCUT2D eigenvalue weighted by Crippen LogP contribution is 2.32. The maximum atomic E-state index is 6.01. The van der Waals surface area contributed by atoms with Gasteiger partial charge in [-0.15, -0.1) is 11.3 Å². The first-order chi connectivity index (χ1) is 9.17. The van der Waals surface area contributed by atoms with Crippen molar-refractivity contribution in [2.75, 3.05) is 33.2 Å². The van der Waals surface area contributed by atoms with Crippen LogP contribution >= 0.6 is 27.3 Å². The highest BCUT2D eigenvalue weighted by atomic mass is 79.9. The average molecular weight is 346 g/mol. The van der Waals surface area contributed by atoms with Crippen molar-refractivity contribution in [2.24, 2.45) is 5.73 Å². The Bertz CT molecular complexity index is 396. The Labute approximate surface area is 128 Å². The number of hydrogen-bond acceptors (Lipinski definition) is 4. The Kier molecular flexibility index (Phi) is 5.84. The van der Waals surface area contributed by atoms with Gasteiger partial charge in [-0.2, -0.15) is 0 Å². The van der Waals surface area contributed by atoms with Crippen LogP contribution in [-0.4, -0.2) is 49.1 Å². The molecule has 2 heterocycles. The molecule has 2 N–H and O–H groups in total. The predicted molar refractivity (Wildman–Crippen MR) is 86.7 cm³/mol. The third-order valence-corrected chi connectivity index (χ3v) is 6.08. The minimum Gasteiger partial charge on any atom is -0.329 e. The van der Waals surface area contributed by atoms with E-state index in [4.69, 9.17) is 5.73 Å². The van der Waals surface area contributed by atoms with Gasteiger partial charge in [0.25, 0.3) is 0 Å². The van der Waals surface area contributed by atoms with E-state index in [1.807, 2.05) is 0 Å². The lowest BCUT2D eigenvalue weighted by Crippen LogP contribution is -2.41. The number of likely N-dealkylation sites (tertiary alicyclic amines) is 1. The summed E-state index contributed by atoms with van der Waals surface area (Å²) in [6.07, 6.45) is 2.66. The maximum absolute atomic E-state index is 6.01. The molecule has 1 fully saturated rings. The number of nitrogens with zero attached hydrogens (tertiary/aromatic N) is 2. The molecule has 108 valence electrons. The molecule has 0 amide bonds. The molecule has 2 rings (SSSR count). The molecule has 1 aliphatic rings. The number of thiophene rings is 1. The van der Waals surface area contributed by atoms with Gasteiger partial charge < -0.3 is 5.73 Å². The zero-order valence-corrected chi connectivity index (χ0v) is 14.2. The second kappa shape index (κ2) is 7.18. The molecule has 0 radical (unpaired) electrons. The van der Waals surface area contributed by atoms with Crippen molar-refractivity contribution in [1.82, 2.24) is 9.80 Å². The van der Waals surface area contributed by atoms with Crippen molar-refractivity contribution < 1.29 is 0 Å². The molecule has 0 aliphatic carbocycles. The minimum absolute atomic E-state index is 0.327. The third kappa shape index (κ3) is 3.58. The highest BCUT2D eigenvalue weighted by molar-refractivity contribution is 9.10. The van der Waals surface area contributed by atoms with E-state index in [2.05, 4.69) is 51.1 Å². The van der Waals surface area contributed by atoms with Gasteiger partial charge in [0.05, 0.1) is 6.04 Å². The number of halogens is 1. The molecule has 0 spiro atoms. The summed E-state index contributed by atoms with van der Waals surface area (Å²) in [6, 6.07) is 3.14. The van der Waals surface area contributed by atoms with E-state index in [9.17, 15) is 0 Å². The van der Waals surface area contributed by atoms with Crippen LogP contribution in [0.1, 0.15) is 30.7 Å². The fourth-order valence-electron chi connectivity index (χ4n) is 3.01. The Hall–Kier alpha value is 0.0600. The van der Waals surface area contributed by atoms with Crippen LogP contribution in [0.4, 0.5) is 0 Å². The van der Waals surface area contributed by atoms with E-state index in [-0.39, 0.29) is 0 Å². The normalized spacial score (nSPS) is 22.3. The Balaban J connectivity index is 2.01. The van der Waals surface area contributed by atoms with Gasteiger partial charge in [-0.25, -0.2) is 0 Å². The molecule has 1 saturated heterocycles. The van der Waals surface area contributed by atoms with E-state index in [1.54, 1.807) is 11.3 Å². The quantitative estimate of drug-likeness (QED) is 0.860. The van der Waals surface area contributed by atoms with Crippen molar-refractivity contribution in [2.45, 2.75) is 31.8 Å². The van der Waals surface area contributed by atoms with Crippen molar-refractivity contribution in [3.63, 3.8) is 0 Å². The molecule has 2 unspecified atom stereocenters. The molecular formula is C14H24BrN3S. The lowest BCUT2D eigenvalue weighted by Gasteiger charge is -2.32. The van der Waals surface area contributed by atoms with Crippen molar-refractivity contribution >= 4 is 27.3 Å². The largest absolute Gasteiger partial charge is 0.329 e. The number of rotatable bonds is 6. The van der Waals surface area contributed by atoms with E-state index in [0.717, 1.165) is 13.1 Å².